The van der Waals surface area contributed by atoms with Gasteiger partial charge in [-0.15, -0.1) is 0 Å². The summed E-state index contributed by atoms with van der Waals surface area (Å²) in [5.41, 5.74) is 7.66. The molecule has 1 aliphatic rings. The molecule has 0 bridgehead atoms. The minimum Gasteiger partial charge on any atom is -0.444 e. The first kappa shape index (κ1) is 13.6. The molecule has 0 spiro atoms. The van der Waals surface area contributed by atoms with Gasteiger partial charge in [0.15, 0.2) is 0 Å². The van der Waals surface area contributed by atoms with Gasteiger partial charge < -0.3 is 9.64 Å². The third-order valence-electron chi connectivity index (χ3n) is 2.36. The number of hydrogen-bond donors (Lipinski definition) is 0. The fraction of sp³-hybridized carbons (Fsp3) is 0.900. The van der Waals surface area contributed by atoms with E-state index in [2.05, 4.69) is 10.0 Å². The number of amides is 1. The molecule has 96 valence electrons. The van der Waals surface area contributed by atoms with Gasteiger partial charge in [-0.2, -0.15) is 0 Å². The number of azide groups is 1. The number of piperidine rings is 1. The Morgan fingerprint density at radius 1 is 1.59 bits per heavy atom. The maximum atomic E-state index is 13.6. The summed E-state index contributed by atoms with van der Waals surface area (Å²) >= 11 is 0. The van der Waals surface area contributed by atoms with Crippen LogP contribution in [-0.4, -0.2) is 41.9 Å². The number of nitrogens with zero attached hydrogens (tertiary/aromatic N) is 4. The lowest BCUT2D eigenvalue weighted by molar-refractivity contribution is 0.0116. The summed E-state index contributed by atoms with van der Waals surface area (Å²) in [6, 6.07) is -0.682. The number of alkyl halides is 1. The molecule has 1 heterocycles. The molecule has 0 N–H and O–H groups in total. The number of ether oxygens (including phenoxy) is 1. The number of carbonyl (C=O) groups excluding carboxylic acids is 1. The zero-order valence-corrected chi connectivity index (χ0v) is 10.3. The van der Waals surface area contributed by atoms with E-state index in [0.717, 1.165) is 0 Å². The van der Waals surface area contributed by atoms with Crippen LogP contribution in [0.15, 0.2) is 5.11 Å². The van der Waals surface area contributed by atoms with Gasteiger partial charge in [0.25, 0.3) is 0 Å². The number of hydrogen-bond acceptors (Lipinski definition) is 3. The SMILES string of the molecule is CC(C)(C)OC(=O)N1CC[C@H](N=[N+]=[N-])C(F)C1. The third-order valence-corrected chi connectivity index (χ3v) is 2.36. The Hall–Kier alpha value is -1.49. The van der Waals surface area contributed by atoms with E-state index < -0.39 is 23.9 Å². The molecule has 17 heavy (non-hydrogen) atoms. The highest BCUT2D eigenvalue weighted by Gasteiger charge is 2.32. The van der Waals surface area contributed by atoms with Crippen molar-refractivity contribution in [2.45, 2.75) is 45.0 Å². The molecule has 0 aliphatic carbocycles. The van der Waals surface area contributed by atoms with Crippen LogP contribution in [0.3, 0.4) is 0 Å². The van der Waals surface area contributed by atoms with Crippen LogP contribution in [0.4, 0.5) is 9.18 Å². The van der Waals surface area contributed by atoms with Crippen molar-refractivity contribution in [1.29, 1.82) is 0 Å². The van der Waals surface area contributed by atoms with Gasteiger partial charge in [-0.3, -0.25) is 0 Å². The molecule has 0 saturated carbocycles. The van der Waals surface area contributed by atoms with Gasteiger partial charge in [-0.05, 0) is 32.7 Å². The fourth-order valence-corrected chi connectivity index (χ4v) is 1.58. The van der Waals surface area contributed by atoms with Gasteiger partial charge in [0.05, 0.1) is 12.6 Å². The number of likely N-dealkylation sites (tertiary alicyclic amines) is 1. The lowest BCUT2D eigenvalue weighted by Crippen LogP contribution is -2.48. The molecular formula is C10H17FN4O2. The van der Waals surface area contributed by atoms with Crippen molar-refractivity contribution in [3.05, 3.63) is 10.4 Å². The van der Waals surface area contributed by atoms with Crippen LogP contribution in [0.2, 0.25) is 0 Å². The lowest BCUT2D eigenvalue weighted by atomic mass is 10.0. The van der Waals surface area contributed by atoms with Crippen LogP contribution in [0.5, 0.6) is 0 Å². The molecular weight excluding hydrogens is 227 g/mol. The maximum Gasteiger partial charge on any atom is 0.410 e. The molecule has 1 fully saturated rings. The minimum atomic E-state index is -1.33. The predicted molar refractivity (Wildman–Crippen MR) is 60.3 cm³/mol. The first-order valence-electron chi connectivity index (χ1n) is 5.49. The van der Waals surface area contributed by atoms with Crippen LogP contribution in [-0.2, 0) is 4.74 Å². The van der Waals surface area contributed by atoms with E-state index in [0.29, 0.717) is 13.0 Å². The molecule has 1 amide bonds. The topological polar surface area (TPSA) is 78.3 Å². The van der Waals surface area contributed by atoms with Crippen LogP contribution >= 0.6 is 0 Å². The summed E-state index contributed by atoms with van der Waals surface area (Å²) in [5, 5.41) is 3.36. The summed E-state index contributed by atoms with van der Waals surface area (Å²) in [6.45, 7) is 5.53. The van der Waals surface area contributed by atoms with E-state index in [4.69, 9.17) is 10.3 Å². The quantitative estimate of drug-likeness (QED) is 0.404. The average molecular weight is 244 g/mol. The standard InChI is InChI=1S/C10H17FN4O2/c1-10(2,3)17-9(16)15-5-4-8(13-14-12)7(11)6-15/h7-8H,4-6H2,1-3H3/t7?,8-/m0/s1. The molecule has 0 radical (unpaired) electrons. The summed E-state index contributed by atoms with van der Waals surface area (Å²) in [5.74, 6) is 0. The summed E-state index contributed by atoms with van der Waals surface area (Å²) in [4.78, 5) is 15.6. The fourth-order valence-electron chi connectivity index (χ4n) is 1.58. The van der Waals surface area contributed by atoms with Crippen molar-refractivity contribution in [3.63, 3.8) is 0 Å². The smallest absolute Gasteiger partial charge is 0.410 e. The molecule has 1 aliphatic heterocycles. The van der Waals surface area contributed by atoms with E-state index in [1.807, 2.05) is 0 Å². The second-order valence-electron chi connectivity index (χ2n) is 5.00. The van der Waals surface area contributed by atoms with Crippen molar-refractivity contribution >= 4 is 6.09 Å². The Bertz CT molecular complexity index is 336. The largest absolute Gasteiger partial charge is 0.444 e. The Kier molecular flexibility index (Phi) is 4.17. The molecule has 7 heteroatoms. The molecule has 1 saturated heterocycles. The lowest BCUT2D eigenvalue weighted by Gasteiger charge is -2.33. The summed E-state index contributed by atoms with van der Waals surface area (Å²) < 4.78 is 18.7. The second-order valence-corrected chi connectivity index (χ2v) is 5.00. The first-order chi connectivity index (χ1) is 7.83. The van der Waals surface area contributed by atoms with Gasteiger partial charge in [-0.1, -0.05) is 5.11 Å². The predicted octanol–water partition coefficient (Wildman–Crippen LogP) is 2.64. The van der Waals surface area contributed by atoms with E-state index in [1.54, 1.807) is 20.8 Å². The third kappa shape index (κ3) is 4.11. The Morgan fingerprint density at radius 2 is 2.24 bits per heavy atom. The highest BCUT2D eigenvalue weighted by molar-refractivity contribution is 5.68. The number of rotatable bonds is 1. The highest BCUT2D eigenvalue weighted by atomic mass is 19.1. The van der Waals surface area contributed by atoms with E-state index in [-0.39, 0.29) is 6.54 Å². The molecule has 0 aromatic carbocycles. The number of carbonyl (C=O) groups is 1. The Balaban J connectivity index is 2.55. The first-order valence-corrected chi connectivity index (χ1v) is 5.49. The van der Waals surface area contributed by atoms with Crippen molar-refractivity contribution in [3.8, 4) is 0 Å². The summed E-state index contributed by atoms with van der Waals surface area (Å²) in [6.07, 6.45) is -1.53. The number of halogens is 1. The molecule has 2 atom stereocenters. The van der Waals surface area contributed by atoms with Crippen molar-refractivity contribution < 1.29 is 13.9 Å². The monoisotopic (exact) mass is 244 g/mol. The van der Waals surface area contributed by atoms with Gasteiger partial charge in [0.2, 0.25) is 0 Å². The Morgan fingerprint density at radius 3 is 2.71 bits per heavy atom. The van der Waals surface area contributed by atoms with Crippen LogP contribution in [0.25, 0.3) is 10.4 Å². The van der Waals surface area contributed by atoms with Gasteiger partial charge in [0, 0.05) is 11.5 Å². The molecule has 1 rings (SSSR count). The molecule has 1 unspecified atom stereocenters. The summed E-state index contributed by atoms with van der Waals surface area (Å²) in [7, 11) is 0. The van der Waals surface area contributed by atoms with E-state index in [1.165, 1.54) is 4.90 Å². The Labute approximate surface area is 99.4 Å². The van der Waals surface area contributed by atoms with Crippen molar-refractivity contribution in [1.82, 2.24) is 4.90 Å². The van der Waals surface area contributed by atoms with Crippen LogP contribution < -0.4 is 0 Å². The van der Waals surface area contributed by atoms with E-state index in [9.17, 15) is 9.18 Å². The van der Waals surface area contributed by atoms with Gasteiger partial charge in [0.1, 0.15) is 11.8 Å². The zero-order valence-electron chi connectivity index (χ0n) is 10.3. The molecule has 0 aromatic rings. The second kappa shape index (κ2) is 5.23. The molecule has 6 nitrogen and oxygen atoms in total. The van der Waals surface area contributed by atoms with E-state index >= 15 is 0 Å². The van der Waals surface area contributed by atoms with Crippen LogP contribution in [0.1, 0.15) is 27.2 Å². The minimum absolute atomic E-state index is 0.0847. The highest BCUT2D eigenvalue weighted by Crippen LogP contribution is 2.19. The van der Waals surface area contributed by atoms with Crippen molar-refractivity contribution in [2.75, 3.05) is 13.1 Å². The average Bonchev–Trinajstić information content (AvgIpc) is 2.18. The zero-order chi connectivity index (χ0) is 13.1. The van der Waals surface area contributed by atoms with Crippen LogP contribution in [0, 0.1) is 0 Å². The van der Waals surface area contributed by atoms with Gasteiger partial charge >= 0.3 is 6.09 Å². The van der Waals surface area contributed by atoms with Gasteiger partial charge in [-0.25, -0.2) is 9.18 Å². The molecule has 0 aromatic heterocycles. The van der Waals surface area contributed by atoms with Crippen molar-refractivity contribution in [2.24, 2.45) is 5.11 Å². The normalized spacial score (nSPS) is 25.1. The maximum absolute atomic E-state index is 13.6.